The number of allylic oxidation sites excluding steroid dienone is 2. The van der Waals surface area contributed by atoms with Crippen molar-refractivity contribution in [3.05, 3.63) is 162 Å². The molecule has 0 spiro atoms. The number of hydrogen-bond donors (Lipinski definition) is 0. The summed E-state index contributed by atoms with van der Waals surface area (Å²) in [5.74, 6) is 1.93. The lowest BCUT2D eigenvalue weighted by molar-refractivity contribution is 1.07. The van der Waals surface area contributed by atoms with Crippen LogP contribution in [0, 0.1) is 13.8 Å². The third kappa shape index (κ3) is 5.99. The Morgan fingerprint density at radius 3 is 1.29 bits per heavy atom. The van der Waals surface area contributed by atoms with Crippen molar-refractivity contribution in [1.29, 1.82) is 0 Å². The molecular formula is C45H37N3. The van der Waals surface area contributed by atoms with Gasteiger partial charge in [0.1, 0.15) is 0 Å². The van der Waals surface area contributed by atoms with Crippen molar-refractivity contribution < 1.29 is 0 Å². The fraction of sp³-hybridized carbons (Fsp3) is 0.0889. The van der Waals surface area contributed by atoms with Gasteiger partial charge in [-0.05, 0) is 107 Å². The molecule has 0 amide bonds. The number of hydrogen-bond acceptors (Lipinski definition) is 3. The summed E-state index contributed by atoms with van der Waals surface area (Å²) in [5.41, 5.74) is 12.5. The summed E-state index contributed by atoms with van der Waals surface area (Å²) in [6.07, 6.45) is 8.73. The Balaban J connectivity index is 1.48. The molecule has 7 rings (SSSR count). The Kier molecular flexibility index (Phi) is 8.59. The largest absolute Gasteiger partial charge is 0.208 e. The molecule has 0 aliphatic heterocycles. The number of nitrogens with zero attached hydrogens (tertiary/aromatic N) is 3. The van der Waals surface area contributed by atoms with Crippen molar-refractivity contribution in [2.75, 3.05) is 0 Å². The summed E-state index contributed by atoms with van der Waals surface area (Å²) in [5, 5.41) is 2.50. The molecule has 0 N–H and O–H groups in total. The predicted octanol–water partition coefficient (Wildman–Crippen LogP) is 12.0. The molecule has 7 aromatic rings. The Morgan fingerprint density at radius 2 is 0.792 bits per heavy atom. The molecule has 3 nitrogen and oxygen atoms in total. The minimum absolute atomic E-state index is 0.638. The van der Waals surface area contributed by atoms with Crippen LogP contribution in [0.15, 0.2) is 140 Å². The first-order valence-corrected chi connectivity index (χ1v) is 16.4. The first-order valence-electron chi connectivity index (χ1n) is 16.4. The zero-order valence-electron chi connectivity index (χ0n) is 27.8. The van der Waals surface area contributed by atoms with Crippen LogP contribution >= 0.6 is 0 Å². The van der Waals surface area contributed by atoms with Crippen LogP contribution in [0.25, 0.3) is 79.3 Å². The minimum Gasteiger partial charge on any atom is -0.208 e. The fourth-order valence-corrected chi connectivity index (χ4v) is 6.41. The second-order valence-electron chi connectivity index (χ2n) is 12.0. The third-order valence-corrected chi connectivity index (χ3v) is 8.97. The van der Waals surface area contributed by atoms with E-state index in [2.05, 4.69) is 119 Å². The molecule has 0 radical (unpaired) electrons. The molecule has 6 aromatic carbocycles. The molecule has 0 bridgehead atoms. The van der Waals surface area contributed by atoms with Gasteiger partial charge in [-0.1, -0.05) is 127 Å². The van der Waals surface area contributed by atoms with E-state index in [1.807, 2.05) is 60.7 Å². The van der Waals surface area contributed by atoms with E-state index in [1.165, 1.54) is 33.0 Å². The van der Waals surface area contributed by atoms with Crippen molar-refractivity contribution >= 4 is 22.9 Å². The van der Waals surface area contributed by atoms with Crippen LogP contribution in [-0.2, 0) is 0 Å². The SMILES string of the molecule is C/C=C\c1c(C)c(C)c(/C=C\C)c2cc(-c3cc(-c4ccccc4)cc(-c4nc(-c5ccccc5)nc(-c5ccccc5)n4)c3)ccc12. The van der Waals surface area contributed by atoms with Crippen molar-refractivity contribution in [3.8, 4) is 56.4 Å². The summed E-state index contributed by atoms with van der Waals surface area (Å²) in [4.78, 5) is 15.1. The van der Waals surface area contributed by atoms with Gasteiger partial charge in [0.15, 0.2) is 17.5 Å². The van der Waals surface area contributed by atoms with Gasteiger partial charge in [-0.2, -0.15) is 0 Å². The van der Waals surface area contributed by atoms with E-state index in [4.69, 9.17) is 15.0 Å². The molecule has 232 valence electrons. The van der Waals surface area contributed by atoms with Crippen LogP contribution in [0.3, 0.4) is 0 Å². The molecule has 48 heavy (non-hydrogen) atoms. The Hall–Kier alpha value is -5.93. The molecule has 1 heterocycles. The number of fused-ring (bicyclic) bond motifs is 1. The zero-order valence-corrected chi connectivity index (χ0v) is 27.8. The summed E-state index contributed by atoms with van der Waals surface area (Å²) >= 11 is 0. The fourth-order valence-electron chi connectivity index (χ4n) is 6.41. The van der Waals surface area contributed by atoms with Crippen LogP contribution in [0.4, 0.5) is 0 Å². The lowest BCUT2D eigenvalue weighted by atomic mass is 9.87. The standard InChI is InChI=1S/C45H37N3/c1-5-16-39-30(3)31(4)40(17-6-2)42-29-35(24-25-41(39)42)37-26-36(32-18-10-7-11-19-32)27-38(28-37)45-47-43(33-20-12-8-13-21-33)46-44(48-45)34-22-14-9-15-23-34/h5-29H,1-4H3/b16-5-,17-6-. The van der Waals surface area contributed by atoms with Gasteiger partial charge in [0.05, 0.1) is 0 Å². The Morgan fingerprint density at radius 1 is 0.375 bits per heavy atom. The molecule has 0 fully saturated rings. The van der Waals surface area contributed by atoms with E-state index in [9.17, 15) is 0 Å². The molecular weight excluding hydrogens is 583 g/mol. The Labute approximate surface area is 283 Å². The topological polar surface area (TPSA) is 38.7 Å². The predicted molar refractivity (Wildman–Crippen MR) is 203 cm³/mol. The smallest absolute Gasteiger partial charge is 0.164 e. The van der Waals surface area contributed by atoms with Crippen molar-refractivity contribution in [1.82, 2.24) is 15.0 Å². The van der Waals surface area contributed by atoms with Gasteiger partial charge in [0, 0.05) is 16.7 Å². The van der Waals surface area contributed by atoms with Crippen LogP contribution in [-0.4, -0.2) is 15.0 Å². The second kappa shape index (κ2) is 13.4. The number of rotatable bonds is 7. The molecule has 3 heteroatoms. The maximum atomic E-state index is 5.07. The molecule has 0 aliphatic rings. The molecule has 0 unspecified atom stereocenters. The molecule has 0 aliphatic carbocycles. The van der Waals surface area contributed by atoms with E-state index >= 15 is 0 Å². The third-order valence-electron chi connectivity index (χ3n) is 8.97. The van der Waals surface area contributed by atoms with Gasteiger partial charge in [-0.25, -0.2) is 15.0 Å². The van der Waals surface area contributed by atoms with Crippen LogP contribution < -0.4 is 0 Å². The quantitative estimate of drug-likeness (QED) is 0.178. The average molecular weight is 620 g/mol. The Bertz CT molecular complexity index is 2240. The molecule has 0 saturated carbocycles. The summed E-state index contributed by atoms with van der Waals surface area (Å²) in [6, 6.07) is 44.3. The van der Waals surface area contributed by atoms with E-state index in [0.717, 1.165) is 38.9 Å². The van der Waals surface area contributed by atoms with Crippen LogP contribution in [0.5, 0.6) is 0 Å². The monoisotopic (exact) mass is 619 g/mol. The van der Waals surface area contributed by atoms with E-state index < -0.39 is 0 Å². The first kappa shape index (κ1) is 30.7. The highest BCUT2D eigenvalue weighted by Gasteiger charge is 2.16. The van der Waals surface area contributed by atoms with Gasteiger partial charge >= 0.3 is 0 Å². The molecule has 0 atom stereocenters. The summed E-state index contributed by atoms with van der Waals surface area (Å²) in [6.45, 7) is 8.62. The lowest BCUT2D eigenvalue weighted by Gasteiger charge is -2.17. The molecule has 1 aromatic heterocycles. The first-order chi connectivity index (χ1) is 23.5. The highest BCUT2D eigenvalue weighted by atomic mass is 15.0. The van der Waals surface area contributed by atoms with E-state index in [0.29, 0.717) is 17.5 Å². The van der Waals surface area contributed by atoms with Gasteiger partial charge < -0.3 is 0 Å². The average Bonchev–Trinajstić information content (AvgIpc) is 3.15. The minimum atomic E-state index is 0.638. The van der Waals surface area contributed by atoms with Crippen molar-refractivity contribution in [2.24, 2.45) is 0 Å². The van der Waals surface area contributed by atoms with Crippen molar-refractivity contribution in [2.45, 2.75) is 27.7 Å². The molecule has 0 saturated heterocycles. The van der Waals surface area contributed by atoms with Crippen LogP contribution in [0.2, 0.25) is 0 Å². The van der Waals surface area contributed by atoms with Gasteiger partial charge in [0.25, 0.3) is 0 Å². The zero-order chi connectivity index (χ0) is 33.0. The highest BCUT2D eigenvalue weighted by Crippen LogP contribution is 2.38. The normalized spacial score (nSPS) is 11.6. The lowest BCUT2D eigenvalue weighted by Crippen LogP contribution is -2.00. The van der Waals surface area contributed by atoms with E-state index in [-0.39, 0.29) is 0 Å². The number of aromatic nitrogens is 3. The second-order valence-corrected chi connectivity index (χ2v) is 12.0. The highest BCUT2D eigenvalue weighted by molar-refractivity contribution is 6.01. The van der Waals surface area contributed by atoms with Gasteiger partial charge in [-0.3, -0.25) is 0 Å². The van der Waals surface area contributed by atoms with Crippen LogP contribution in [0.1, 0.15) is 36.1 Å². The number of benzene rings is 6. The summed E-state index contributed by atoms with van der Waals surface area (Å²) in [7, 11) is 0. The summed E-state index contributed by atoms with van der Waals surface area (Å²) < 4.78 is 0. The maximum absolute atomic E-state index is 5.07. The van der Waals surface area contributed by atoms with Crippen molar-refractivity contribution in [3.63, 3.8) is 0 Å². The van der Waals surface area contributed by atoms with Gasteiger partial charge in [0.2, 0.25) is 0 Å². The van der Waals surface area contributed by atoms with E-state index in [1.54, 1.807) is 0 Å². The van der Waals surface area contributed by atoms with Gasteiger partial charge in [-0.15, -0.1) is 0 Å². The maximum Gasteiger partial charge on any atom is 0.164 e.